The van der Waals surface area contributed by atoms with Crippen LogP contribution < -0.4 is 0 Å². The Kier molecular flexibility index (Phi) is 3.66. The Morgan fingerprint density at radius 1 is 1.50 bits per heavy atom. The van der Waals surface area contributed by atoms with Gasteiger partial charge < -0.3 is 4.98 Å². The van der Waals surface area contributed by atoms with Crippen molar-refractivity contribution in [1.82, 2.24) is 19.9 Å². The highest BCUT2D eigenvalue weighted by molar-refractivity contribution is 7.99. The Bertz CT molecular complexity index is 485. The molecule has 0 amide bonds. The van der Waals surface area contributed by atoms with Crippen molar-refractivity contribution in [2.75, 3.05) is 5.75 Å². The summed E-state index contributed by atoms with van der Waals surface area (Å²) in [5.74, 6) is 1.69. The number of hydrogen-bond acceptors (Lipinski definition) is 4. The topological polar surface area (TPSA) is 54.5 Å². The maximum Gasteiger partial charge on any atom is 0.225 e. The molecule has 0 fully saturated rings. The summed E-state index contributed by atoms with van der Waals surface area (Å²) in [6, 6.07) is 0. The van der Waals surface area contributed by atoms with E-state index in [4.69, 9.17) is 11.6 Å². The van der Waals surface area contributed by atoms with Crippen molar-refractivity contribution >= 4 is 34.5 Å². The predicted octanol–water partition coefficient (Wildman–Crippen LogP) is 3.14. The third kappa shape index (κ3) is 2.47. The molecule has 16 heavy (non-hydrogen) atoms. The smallest absolute Gasteiger partial charge is 0.225 e. The summed E-state index contributed by atoms with van der Waals surface area (Å²) >= 11 is 7.54. The molecule has 2 heterocycles. The molecule has 6 heteroatoms. The maximum atomic E-state index is 5.84. The van der Waals surface area contributed by atoms with Crippen LogP contribution >= 0.6 is 23.4 Å². The third-order valence-electron chi connectivity index (χ3n) is 2.43. The fourth-order valence-electron chi connectivity index (χ4n) is 1.22. The molecule has 0 aliphatic carbocycles. The SMILES string of the molecule is CCC(C)CSc1nc(Cl)nc2nc[nH]c12. The number of rotatable bonds is 4. The maximum absolute atomic E-state index is 5.84. The van der Waals surface area contributed by atoms with Crippen molar-refractivity contribution in [2.45, 2.75) is 25.3 Å². The van der Waals surface area contributed by atoms with Crippen LogP contribution in [0, 0.1) is 5.92 Å². The zero-order chi connectivity index (χ0) is 11.5. The van der Waals surface area contributed by atoms with Gasteiger partial charge in [0, 0.05) is 5.75 Å². The molecular formula is C10H13ClN4S. The monoisotopic (exact) mass is 256 g/mol. The van der Waals surface area contributed by atoms with Gasteiger partial charge in [-0.25, -0.2) is 9.97 Å². The Balaban J connectivity index is 2.25. The van der Waals surface area contributed by atoms with Crippen molar-refractivity contribution in [3.8, 4) is 0 Å². The van der Waals surface area contributed by atoms with Crippen LogP contribution in [-0.4, -0.2) is 25.7 Å². The number of nitrogens with zero attached hydrogens (tertiary/aromatic N) is 3. The van der Waals surface area contributed by atoms with Gasteiger partial charge in [0.05, 0.1) is 6.33 Å². The van der Waals surface area contributed by atoms with Crippen molar-refractivity contribution in [2.24, 2.45) is 5.92 Å². The second kappa shape index (κ2) is 5.01. The Morgan fingerprint density at radius 2 is 2.31 bits per heavy atom. The van der Waals surface area contributed by atoms with Crippen molar-refractivity contribution in [1.29, 1.82) is 0 Å². The molecule has 0 saturated carbocycles. The molecule has 86 valence electrons. The van der Waals surface area contributed by atoms with Crippen LogP contribution in [0.3, 0.4) is 0 Å². The molecule has 2 aromatic heterocycles. The average Bonchev–Trinajstić information content (AvgIpc) is 2.73. The summed E-state index contributed by atoms with van der Waals surface area (Å²) in [7, 11) is 0. The quantitative estimate of drug-likeness (QED) is 0.519. The van der Waals surface area contributed by atoms with Gasteiger partial charge in [0.25, 0.3) is 0 Å². The van der Waals surface area contributed by atoms with E-state index >= 15 is 0 Å². The van der Waals surface area contributed by atoms with Gasteiger partial charge in [-0.2, -0.15) is 4.98 Å². The number of H-pyrrole nitrogens is 1. The molecule has 0 bridgehead atoms. The van der Waals surface area contributed by atoms with Gasteiger partial charge in [0.2, 0.25) is 5.28 Å². The minimum absolute atomic E-state index is 0.256. The number of imidazole rings is 1. The van der Waals surface area contributed by atoms with Crippen molar-refractivity contribution in [3.63, 3.8) is 0 Å². The summed E-state index contributed by atoms with van der Waals surface area (Å²) in [6.07, 6.45) is 2.78. The second-order valence-corrected chi connectivity index (χ2v) is 5.07. The molecule has 0 aromatic carbocycles. The number of hydrogen-bond donors (Lipinski definition) is 1. The molecule has 2 aromatic rings. The first-order valence-electron chi connectivity index (χ1n) is 5.20. The van der Waals surface area contributed by atoms with E-state index in [-0.39, 0.29) is 5.28 Å². The summed E-state index contributed by atoms with van der Waals surface area (Å²) in [4.78, 5) is 15.4. The van der Waals surface area contributed by atoms with Crippen molar-refractivity contribution in [3.05, 3.63) is 11.6 Å². The zero-order valence-corrected chi connectivity index (χ0v) is 10.8. The molecule has 0 saturated heterocycles. The predicted molar refractivity (Wildman–Crippen MR) is 66.9 cm³/mol. The standard InChI is InChI=1S/C10H13ClN4S/c1-3-6(2)4-16-9-7-8(13-5-12-7)14-10(11)15-9/h5-6H,3-4H2,1-2H3,(H,12,13,14,15). The van der Waals surface area contributed by atoms with Crippen LogP contribution in [-0.2, 0) is 0 Å². The third-order valence-corrected chi connectivity index (χ3v) is 3.90. The molecule has 0 spiro atoms. The largest absolute Gasteiger partial charge is 0.341 e. The molecule has 1 N–H and O–H groups in total. The average molecular weight is 257 g/mol. The fraction of sp³-hybridized carbons (Fsp3) is 0.500. The number of fused-ring (bicyclic) bond motifs is 1. The summed E-state index contributed by atoms with van der Waals surface area (Å²) < 4.78 is 0. The van der Waals surface area contributed by atoms with Gasteiger partial charge in [-0.1, -0.05) is 20.3 Å². The van der Waals surface area contributed by atoms with E-state index in [1.54, 1.807) is 18.1 Å². The van der Waals surface area contributed by atoms with Crippen LogP contribution in [0.15, 0.2) is 11.4 Å². The van der Waals surface area contributed by atoms with E-state index in [0.717, 1.165) is 22.7 Å². The summed E-state index contributed by atoms with van der Waals surface area (Å²) in [6.45, 7) is 4.41. The minimum atomic E-state index is 0.256. The lowest BCUT2D eigenvalue weighted by atomic mass is 10.2. The van der Waals surface area contributed by atoms with Crippen LogP contribution in [0.1, 0.15) is 20.3 Å². The number of aromatic amines is 1. The van der Waals surface area contributed by atoms with Gasteiger partial charge in [0.1, 0.15) is 10.5 Å². The molecular weight excluding hydrogens is 244 g/mol. The minimum Gasteiger partial charge on any atom is -0.341 e. The molecule has 0 aliphatic heterocycles. The molecule has 0 aliphatic rings. The van der Waals surface area contributed by atoms with E-state index in [1.165, 1.54) is 0 Å². The highest BCUT2D eigenvalue weighted by Gasteiger charge is 2.10. The molecule has 1 atom stereocenters. The molecule has 1 unspecified atom stereocenters. The number of thioether (sulfide) groups is 1. The van der Waals surface area contributed by atoms with Crippen LogP contribution in [0.5, 0.6) is 0 Å². The van der Waals surface area contributed by atoms with E-state index in [2.05, 4.69) is 33.8 Å². The Hall–Kier alpha value is -0.810. The first-order chi connectivity index (χ1) is 7.70. The summed E-state index contributed by atoms with van der Waals surface area (Å²) in [5, 5.41) is 1.14. The lowest BCUT2D eigenvalue weighted by Crippen LogP contribution is -1.97. The highest BCUT2D eigenvalue weighted by atomic mass is 35.5. The van der Waals surface area contributed by atoms with Crippen LogP contribution in [0.2, 0.25) is 5.28 Å². The van der Waals surface area contributed by atoms with Gasteiger partial charge in [-0.05, 0) is 17.5 Å². The molecule has 4 nitrogen and oxygen atoms in total. The van der Waals surface area contributed by atoms with E-state index in [1.807, 2.05) is 0 Å². The second-order valence-electron chi connectivity index (χ2n) is 3.72. The van der Waals surface area contributed by atoms with E-state index in [9.17, 15) is 0 Å². The highest BCUT2D eigenvalue weighted by Crippen LogP contribution is 2.26. The van der Waals surface area contributed by atoms with E-state index in [0.29, 0.717) is 11.6 Å². The van der Waals surface area contributed by atoms with Gasteiger partial charge in [0.15, 0.2) is 5.65 Å². The first-order valence-corrected chi connectivity index (χ1v) is 6.56. The zero-order valence-electron chi connectivity index (χ0n) is 9.20. The Morgan fingerprint density at radius 3 is 3.06 bits per heavy atom. The normalized spacial score (nSPS) is 13.2. The number of halogens is 1. The van der Waals surface area contributed by atoms with E-state index < -0.39 is 0 Å². The van der Waals surface area contributed by atoms with Crippen LogP contribution in [0.25, 0.3) is 11.2 Å². The molecule has 0 radical (unpaired) electrons. The van der Waals surface area contributed by atoms with Gasteiger partial charge in [-0.3, -0.25) is 0 Å². The molecule has 2 rings (SSSR count). The van der Waals surface area contributed by atoms with Crippen LogP contribution in [0.4, 0.5) is 0 Å². The number of aromatic nitrogens is 4. The van der Waals surface area contributed by atoms with Gasteiger partial charge >= 0.3 is 0 Å². The van der Waals surface area contributed by atoms with Gasteiger partial charge in [-0.15, -0.1) is 11.8 Å². The summed E-state index contributed by atoms with van der Waals surface area (Å²) in [5.41, 5.74) is 1.50. The lowest BCUT2D eigenvalue weighted by molar-refractivity contribution is 0.636. The number of nitrogens with one attached hydrogen (secondary N) is 1. The lowest BCUT2D eigenvalue weighted by Gasteiger charge is -2.07. The Labute approximate surface area is 103 Å². The fourth-order valence-corrected chi connectivity index (χ4v) is 2.56. The first kappa shape index (κ1) is 11.7. The van der Waals surface area contributed by atoms with Crippen molar-refractivity contribution < 1.29 is 0 Å².